The number of benzene rings is 1. The second-order valence-electron chi connectivity index (χ2n) is 9.03. The molecule has 2 aliphatic rings. The molecule has 0 radical (unpaired) electrons. The summed E-state index contributed by atoms with van der Waals surface area (Å²) in [5.41, 5.74) is 0.944. The Morgan fingerprint density at radius 1 is 1.06 bits per heavy atom. The summed E-state index contributed by atoms with van der Waals surface area (Å²) in [7, 11) is 0. The minimum absolute atomic E-state index is 0.0447. The van der Waals surface area contributed by atoms with Crippen molar-refractivity contribution in [1.29, 1.82) is 0 Å². The standard InChI is InChI=1S/C25H39N3O3/c29-23(21-11-4-1-5-12-21)19-22-13-6-2-9-17-28(22)20-24(30)26-15-10-18-27-16-8-3-7-14-25(27)31/h1,4-5,11-12,22-23,29H,2-3,6-10,13-20H2,(H,26,30)/t22-,23+/m1/s1. The number of carbonyl (C=O) groups excluding carboxylic acids is 2. The van der Waals surface area contributed by atoms with Crippen LogP contribution in [0.5, 0.6) is 0 Å². The largest absolute Gasteiger partial charge is 0.388 e. The topological polar surface area (TPSA) is 72.9 Å². The van der Waals surface area contributed by atoms with Gasteiger partial charge in [-0.15, -0.1) is 0 Å². The number of aliphatic hydroxyl groups excluding tert-OH is 1. The lowest BCUT2D eigenvalue weighted by atomic mass is 9.98. The number of nitrogens with zero attached hydrogens (tertiary/aromatic N) is 2. The van der Waals surface area contributed by atoms with Crippen molar-refractivity contribution in [2.75, 3.05) is 32.7 Å². The lowest BCUT2D eigenvalue weighted by Crippen LogP contribution is -2.44. The van der Waals surface area contributed by atoms with Gasteiger partial charge in [-0.2, -0.15) is 0 Å². The Balaban J connectivity index is 1.43. The van der Waals surface area contributed by atoms with E-state index in [1.165, 1.54) is 6.42 Å². The zero-order valence-electron chi connectivity index (χ0n) is 18.8. The Kier molecular flexibility index (Phi) is 9.82. The third kappa shape index (κ3) is 7.93. The van der Waals surface area contributed by atoms with Crippen LogP contribution in [0.2, 0.25) is 0 Å². The number of carbonyl (C=O) groups is 2. The zero-order chi connectivity index (χ0) is 21.9. The van der Waals surface area contributed by atoms with Gasteiger partial charge in [-0.3, -0.25) is 14.5 Å². The first-order valence-corrected chi connectivity index (χ1v) is 12.1. The van der Waals surface area contributed by atoms with Gasteiger partial charge in [0.05, 0.1) is 12.6 Å². The van der Waals surface area contributed by atoms with Gasteiger partial charge in [0.1, 0.15) is 0 Å². The van der Waals surface area contributed by atoms with Crippen LogP contribution < -0.4 is 5.32 Å². The van der Waals surface area contributed by atoms with E-state index in [1.54, 1.807) is 0 Å². The molecule has 172 valence electrons. The van der Waals surface area contributed by atoms with E-state index in [4.69, 9.17) is 0 Å². The third-order valence-corrected chi connectivity index (χ3v) is 6.62. The molecule has 1 aromatic rings. The van der Waals surface area contributed by atoms with Crippen molar-refractivity contribution in [1.82, 2.24) is 15.1 Å². The fourth-order valence-electron chi connectivity index (χ4n) is 4.79. The number of hydrogen-bond donors (Lipinski definition) is 2. The number of amides is 2. The molecule has 0 saturated carbocycles. The molecular formula is C25H39N3O3. The molecule has 2 N–H and O–H groups in total. The van der Waals surface area contributed by atoms with E-state index in [-0.39, 0.29) is 17.9 Å². The molecule has 2 atom stereocenters. The fraction of sp³-hybridized carbons (Fsp3) is 0.680. The minimum atomic E-state index is -0.499. The average molecular weight is 430 g/mol. The molecule has 6 nitrogen and oxygen atoms in total. The summed E-state index contributed by atoms with van der Waals surface area (Å²) < 4.78 is 0. The molecule has 2 saturated heterocycles. The molecule has 2 aliphatic heterocycles. The molecule has 1 aromatic carbocycles. The molecular weight excluding hydrogens is 390 g/mol. The van der Waals surface area contributed by atoms with E-state index < -0.39 is 6.10 Å². The molecule has 0 unspecified atom stereocenters. The van der Waals surface area contributed by atoms with Gasteiger partial charge < -0.3 is 15.3 Å². The third-order valence-electron chi connectivity index (χ3n) is 6.62. The predicted molar refractivity (Wildman–Crippen MR) is 123 cm³/mol. The monoisotopic (exact) mass is 429 g/mol. The summed E-state index contributed by atoms with van der Waals surface area (Å²) >= 11 is 0. The molecule has 0 bridgehead atoms. The highest BCUT2D eigenvalue weighted by Gasteiger charge is 2.26. The molecule has 0 spiro atoms. The molecule has 2 heterocycles. The molecule has 2 amide bonds. The van der Waals surface area contributed by atoms with Crippen LogP contribution in [-0.2, 0) is 9.59 Å². The van der Waals surface area contributed by atoms with E-state index in [0.29, 0.717) is 25.9 Å². The van der Waals surface area contributed by atoms with Gasteiger partial charge in [0.15, 0.2) is 0 Å². The number of nitrogens with one attached hydrogen (secondary N) is 1. The highest BCUT2D eigenvalue weighted by atomic mass is 16.3. The van der Waals surface area contributed by atoms with Crippen LogP contribution in [0.3, 0.4) is 0 Å². The molecule has 31 heavy (non-hydrogen) atoms. The van der Waals surface area contributed by atoms with E-state index in [9.17, 15) is 14.7 Å². The summed E-state index contributed by atoms with van der Waals surface area (Å²) in [5.74, 6) is 0.302. The van der Waals surface area contributed by atoms with Crippen LogP contribution in [0, 0.1) is 0 Å². The van der Waals surface area contributed by atoms with Crippen LogP contribution in [0.1, 0.15) is 75.9 Å². The van der Waals surface area contributed by atoms with E-state index in [2.05, 4.69) is 10.2 Å². The van der Waals surface area contributed by atoms with Crippen molar-refractivity contribution in [3.63, 3.8) is 0 Å². The van der Waals surface area contributed by atoms with Crippen LogP contribution in [0.4, 0.5) is 0 Å². The van der Waals surface area contributed by atoms with Crippen LogP contribution >= 0.6 is 0 Å². The van der Waals surface area contributed by atoms with Crippen molar-refractivity contribution in [3.8, 4) is 0 Å². The predicted octanol–water partition coefficient (Wildman–Crippen LogP) is 3.26. The maximum Gasteiger partial charge on any atom is 0.234 e. The Hall–Kier alpha value is -1.92. The van der Waals surface area contributed by atoms with Gasteiger partial charge in [-0.05, 0) is 50.6 Å². The summed E-state index contributed by atoms with van der Waals surface area (Å²) in [4.78, 5) is 28.9. The first-order chi connectivity index (χ1) is 15.1. The van der Waals surface area contributed by atoms with Crippen molar-refractivity contribution in [2.24, 2.45) is 0 Å². The molecule has 2 fully saturated rings. The van der Waals surface area contributed by atoms with Gasteiger partial charge in [0, 0.05) is 32.1 Å². The normalized spacial score (nSPS) is 21.9. The number of aliphatic hydroxyl groups is 1. The number of likely N-dealkylation sites (tertiary alicyclic amines) is 2. The second kappa shape index (κ2) is 12.8. The second-order valence-corrected chi connectivity index (χ2v) is 9.03. The summed E-state index contributed by atoms with van der Waals surface area (Å²) in [6.07, 6.45) is 9.30. The van der Waals surface area contributed by atoms with Gasteiger partial charge in [0.25, 0.3) is 0 Å². The van der Waals surface area contributed by atoms with Crippen LogP contribution in [0.15, 0.2) is 30.3 Å². The quantitative estimate of drug-likeness (QED) is 0.591. The Morgan fingerprint density at radius 3 is 2.68 bits per heavy atom. The van der Waals surface area contributed by atoms with Gasteiger partial charge in [-0.25, -0.2) is 0 Å². The van der Waals surface area contributed by atoms with Gasteiger partial charge in [0.2, 0.25) is 11.8 Å². The smallest absolute Gasteiger partial charge is 0.234 e. The summed E-state index contributed by atoms with van der Waals surface area (Å²) in [6, 6.07) is 10.0. The summed E-state index contributed by atoms with van der Waals surface area (Å²) in [6.45, 7) is 3.48. The van der Waals surface area contributed by atoms with Crippen molar-refractivity contribution in [3.05, 3.63) is 35.9 Å². The zero-order valence-corrected chi connectivity index (χ0v) is 18.8. The Morgan fingerprint density at radius 2 is 1.84 bits per heavy atom. The molecule has 6 heteroatoms. The number of rotatable bonds is 9. The lowest BCUT2D eigenvalue weighted by molar-refractivity contribution is -0.130. The Labute approximate surface area is 187 Å². The summed E-state index contributed by atoms with van der Waals surface area (Å²) in [5, 5.41) is 13.7. The Bertz CT molecular complexity index is 682. The van der Waals surface area contributed by atoms with Crippen LogP contribution in [-0.4, -0.2) is 65.5 Å². The fourth-order valence-corrected chi connectivity index (χ4v) is 4.79. The van der Waals surface area contributed by atoms with E-state index >= 15 is 0 Å². The molecule has 0 aromatic heterocycles. The average Bonchev–Trinajstić information content (AvgIpc) is 3.12. The minimum Gasteiger partial charge on any atom is -0.388 e. The van der Waals surface area contributed by atoms with Crippen molar-refractivity contribution >= 4 is 11.8 Å². The number of hydrogen-bond acceptors (Lipinski definition) is 4. The van der Waals surface area contributed by atoms with E-state index in [1.807, 2.05) is 35.2 Å². The lowest BCUT2D eigenvalue weighted by Gasteiger charge is -2.31. The highest BCUT2D eigenvalue weighted by Crippen LogP contribution is 2.26. The molecule has 0 aliphatic carbocycles. The van der Waals surface area contributed by atoms with E-state index in [0.717, 1.165) is 70.1 Å². The van der Waals surface area contributed by atoms with Gasteiger partial charge >= 0.3 is 0 Å². The highest BCUT2D eigenvalue weighted by molar-refractivity contribution is 5.78. The SMILES string of the molecule is O=C(CN1CCCCC[C@@H]1C[C@H](O)c1ccccc1)NCCCN1CCCCCC1=O. The first kappa shape index (κ1) is 23.7. The maximum atomic E-state index is 12.6. The molecule has 3 rings (SSSR count). The van der Waals surface area contributed by atoms with Gasteiger partial charge in [-0.1, -0.05) is 49.6 Å². The van der Waals surface area contributed by atoms with Crippen molar-refractivity contribution in [2.45, 2.75) is 76.4 Å². The van der Waals surface area contributed by atoms with Crippen LogP contribution in [0.25, 0.3) is 0 Å². The maximum absolute atomic E-state index is 12.6. The van der Waals surface area contributed by atoms with Crippen molar-refractivity contribution < 1.29 is 14.7 Å². The first-order valence-electron chi connectivity index (χ1n) is 12.1.